The lowest BCUT2D eigenvalue weighted by molar-refractivity contribution is 0.379. The molecular formula is C18H30N6O3S. The second kappa shape index (κ2) is 8.20. The van der Waals surface area contributed by atoms with Gasteiger partial charge in [0.25, 0.3) is 5.56 Å². The molecule has 0 spiro atoms. The van der Waals surface area contributed by atoms with Crippen molar-refractivity contribution >= 4 is 27.0 Å². The molecule has 0 radical (unpaired) electrons. The summed E-state index contributed by atoms with van der Waals surface area (Å²) in [6, 6.07) is 0. The van der Waals surface area contributed by atoms with Crippen molar-refractivity contribution in [1.82, 2.24) is 23.6 Å². The van der Waals surface area contributed by atoms with Crippen LogP contribution >= 0.6 is 0 Å². The first-order valence-corrected chi connectivity index (χ1v) is 11.6. The molecule has 0 saturated carbocycles. The maximum atomic E-state index is 13.1. The lowest BCUT2D eigenvalue weighted by Gasteiger charge is -2.35. The van der Waals surface area contributed by atoms with Crippen LogP contribution in [-0.2, 0) is 23.6 Å². The van der Waals surface area contributed by atoms with E-state index in [1.165, 1.54) is 0 Å². The standard InChI is InChI=1S/C18H30N6O3S/c1-5-7-13-28(26,27)23-11-9-22(10-12-23)18-19-15-14(3)20-21(4)16(15)17(25)24(18)8-6-2/h5-13H2,1-4H3. The van der Waals surface area contributed by atoms with E-state index in [-0.39, 0.29) is 11.3 Å². The highest BCUT2D eigenvalue weighted by atomic mass is 32.2. The molecule has 10 heteroatoms. The molecule has 0 atom stereocenters. The van der Waals surface area contributed by atoms with Crippen molar-refractivity contribution in [3.8, 4) is 0 Å². The Morgan fingerprint density at radius 3 is 2.36 bits per heavy atom. The zero-order chi connectivity index (χ0) is 20.5. The molecule has 3 heterocycles. The third-order valence-electron chi connectivity index (χ3n) is 5.21. The second-order valence-corrected chi connectivity index (χ2v) is 9.42. The highest BCUT2D eigenvalue weighted by Gasteiger charge is 2.29. The number of unbranched alkanes of at least 4 members (excludes halogenated alkanes) is 1. The molecule has 2 aromatic rings. The van der Waals surface area contributed by atoms with E-state index in [0.717, 1.165) is 18.5 Å². The Kier molecular flexibility index (Phi) is 6.09. The highest BCUT2D eigenvalue weighted by molar-refractivity contribution is 7.89. The molecule has 9 nitrogen and oxygen atoms in total. The Bertz CT molecular complexity index is 1000. The molecule has 0 bridgehead atoms. The summed E-state index contributed by atoms with van der Waals surface area (Å²) in [4.78, 5) is 19.9. The van der Waals surface area contributed by atoms with Crippen LogP contribution in [0.5, 0.6) is 0 Å². The number of hydrogen-bond donors (Lipinski definition) is 0. The van der Waals surface area contributed by atoms with Crippen molar-refractivity contribution in [3.05, 3.63) is 16.0 Å². The number of aromatic nitrogens is 4. The average molecular weight is 411 g/mol. The number of anilines is 1. The monoisotopic (exact) mass is 410 g/mol. The fraction of sp³-hybridized carbons (Fsp3) is 0.722. The first-order valence-electron chi connectivity index (χ1n) is 9.97. The van der Waals surface area contributed by atoms with Crippen LogP contribution in [0.4, 0.5) is 5.95 Å². The number of piperazine rings is 1. The summed E-state index contributed by atoms with van der Waals surface area (Å²) < 4.78 is 29.8. The van der Waals surface area contributed by atoms with Crippen molar-refractivity contribution in [1.29, 1.82) is 0 Å². The molecule has 1 aliphatic heterocycles. The fourth-order valence-electron chi connectivity index (χ4n) is 3.69. The minimum atomic E-state index is -3.21. The Labute approximate surface area is 166 Å². The van der Waals surface area contributed by atoms with Crippen LogP contribution in [0.1, 0.15) is 38.8 Å². The van der Waals surface area contributed by atoms with E-state index in [0.29, 0.717) is 56.1 Å². The number of sulfonamides is 1. The van der Waals surface area contributed by atoms with Gasteiger partial charge in [-0.3, -0.25) is 14.0 Å². The zero-order valence-corrected chi connectivity index (χ0v) is 18.0. The van der Waals surface area contributed by atoms with E-state index >= 15 is 0 Å². The highest BCUT2D eigenvalue weighted by Crippen LogP contribution is 2.20. The Morgan fingerprint density at radius 2 is 1.75 bits per heavy atom. The predicted molar refractivity (Wildman–Crippen MR) is 110 cm³/mol. The van der Waals surface area contributed by atoms with Crippen LogP contribution in [0.3, 0.4) is 0 Å². The van der Waals surface area contributed by atoms with Crippen molar-refractivity contribution in [3.63, 3.8) is 0 Å². The van der Waals surface area contributed by atoms with E-state index < -0.39 is 10.0 Å². The molecule has 1 fully saturated rings. The van der Waals surface area contributed by atoms with Gasteiger partial charge in [0.1, 0.15) is 5.52 Å². The Hall–Kier alpha value is -1.94. The van der Waals surface area contributed by atoms with Gasteiger partial charge in [-0.2, -0.15) is 9.40 Å². The molecule has 0 aliphatic carbocycles. The topological polar surface area (TPSA) is 93.3 Å². The summed E-state index contributed by atoms with van der Waals surface area (Å²) >= 11 is 0. The molecule has 1 aliphatic rings. The smallest absolute Gasteiger partial charge is 0.281 e. The summed E-state index contributed by atoms with van der Waals surface area (Å²) in [7, 11) is -1.46. The van der Waals surface area contributed by atoms with Gasteiger partial charge in [-0.05, 0) is 19.8 Å². The van der Waals surface area contributed by atoms with Gasteiger partial charge >= 0.3 is 0 Å². The van der Waals surface area contributed by atoms with Crippen molar-refractivity contribution in [2.24, 2.45) is 7.05 Å². The van der Waals surface area contributed by atoms with E-state index in [9.17, 15) is 13.2 Å². The lowest BCUT2D eigenvalue weighted by Crippen LogP contribution is -2.50. The van der Waals surface area contributed by atoms with Gasteiger partial charge in [-0.1, -0.05) is 20.3 Å². The first-order chi connectivity index (χ1) is 13.3. The molecule has 2 aromatic heterocycles. The number of nitrogens with zero attached hydrogens (tertiary/aromatic N) is 6. The van der Waals surface area contributed by atoms with E-state index in [1.807, 2.05) is 25.7 Å². The minimum absolute atomic E-state index is 0.0945. The normalized spacial score (nSPS) is 16.2. The quantitative estimate of drug-likeness (QED) is 0.679. The summed E-state index contributed by atoms with van der Waals surface area (Å²) in [5.74, 6) is 0.810. The van der Waals surface area contributed by atoms with Gasteiger partial charge in [-0.15, -0.1) is 0 Å². The van der Waals surface area contributed by atoms with E-state index in [2.05, 4.69) is 5.10 Å². The summed E-state index contributed by atoms with van der Waals surface area (Å²) in [5.41, 5.74) is 1.76. The largest absolute Gasteiger partial charge is 0.340 e. The maximum absolute atomic E-state index is 13.1. The van der Waals surface area contributed by atoms with Gasteiger partial charge in [0, 0.05) is 39.8 Å². The maximum Gasteiger partial charge on any atom is 0.281 e. The van der Waals surface area contributed by atoms with Crippen molar-refractivity contribution in [2.75, 3.05) is 36.8 Å². The molecule has 3 rings (SSSR count). The van der Waals surface area contributed by atoms with E-state index in [4.69, 9.17) is 4.98 Å². The zero-order valence-electron chi connectivity index (χ0n) is 17.2. The van der Waals surface area contributed by atoms with Crippen LogP contribution < -0.4 is 10.5 Å². The number of rotatable bonds is 7. The van der Waals surface area contributed by atoms with Gasteiger partial charge in [0.2, 0.25) is 16.0 Å². The van der Waals surface area contributed by atoms with Gasteiger partial charge < -0.3 is 4.90 Å². The molecule has 0 unspecified atom stereocenters. The molecule has 0 N–H and O–H groups in total. The Morgan fingerprint density at radius 1 is 1.07 bits per heavy atom. The molecule has 0 amide bonds. The number of hydrogen-bond acceptors (Lipinski definition) is 6. The molecular weight excluding hydrogens is 380 g/mol. The predicted octanol–water partition coefficient (Wildman–Crippen LogP) is 1.10. The summed E-state index contributed by atoms with van der Waals surface area (Å²) in [6.45, 7) is 8.29. The SMILES string of the molecule is CCCCS(=O)(=O)N1CCN(c2nc3c(C)nn(C)c3c(=O)n2CCC)CC1. The van der Waals surface area contributed by atoms with E-state index in [1.54, 1.807) is 20.6 Å². The third kappa shape index (κ3) is 3.80. The second-order valence-electron chi connectivity index (χ2n) is 7.33. The number of aryl methyl sites for hydroxylation is 2. The van der Waals surface area contributed by atoms with Crippen LogP contribution in [-0.4, -0.2) is 64.0 Å². The average Bonchev–Trinajstić information content (AvgIpc) is 2.96. The Balaban J connectivity index is 1.91. The van der Waals surface area contributed by atoms with Crippen LogP contribution in [0.2, 0.25) is 0 Å². The number of fused-ring (bicyclic) bond motifs is 1. The molecule has 156 valence electrons. The van der Waals surface area contributed by atoms with Crippen molar-refractivity contribution in [2.45, 2.75) is 46.6 Å². The van der Waals surface area contributed by atoms with Crippen LogP contribution in [0.15, 0.2) is 4.79 Å². The fourth-order valence-corrected chi connectivity index (χ4v) is 5.32. The van der Waals surface area contributed by atoms with Crippen LogP contribution in [0, 0.1) is 6.92 Å². The summed E-state index contributed by atoms with van der Waals surface area (Å²) in [6.07, 6.45) is 2.34. The van der Waals surface area contributed by atoms with Crippen LogP contribution in [0.25, 0.3) is 11.0 Å². The van der Waals surface area contributed by atoms with Crippen molar-refractivity contribution < 1.29 is 8.42 Å². The molecule has 0 aromatic carbocycles. The van der Waals surface area contributed by atoms with Gasteiger partial charge in [0.05, 0.1) is 11.4 Å². The third-order valence-corrected chi connectivity index (χ3v) is 7.17. The minimum Gasteiger partial charge on any atom is -0.340 e. The first kappa shape index (κ1) is 20.8. The lowest BCUT2D eigenvalue weighted by atomic mass is 10.3. The van der Waals surface area contributed by atoms with Gasteiger partial charge in [-0.25, -0.2) is 13.4 Å². The molecule has 28 heavy (non-hydrogen) atoms. The van der Waals surface area contributed by atoms with Gasteiger partial charge in [0.15, 0.2) is 5.52 Å². The summed E-state index contributed by atoms with van der Waals surface area (Å²) in [5, 5.41) is 4.35. The molecule has 1 saturated heterocycles.